The molecule has 4 nitrogen and oxygen atoms in total. The van der Waals surface area contributed by atoms with Crippen molar-refractivity contribution in [2.24, 2.45) is 10.9 Å². The molecule has 4 heteroatoms. The third-order valence-corrected chi connectivity index (χ3v) is 6.63. The Kier molecular flexibility index (Phi) is 5.43. The van der Waals surface area contributed by atoms with E-state index in [4.69, 9.17) is 4.99 Å². The maximum atomic E-state index is 4.81. The van der Waals surface area contributed by atoms with Crippen molar-refractivity contribution in [3.8, 4) is 0 Å². The van der Waals surface area contributed by atoms with Crippen LogP contribution in [0.1, 0.15) is 44.2 Å². The van der Waals surface area contributed by atoms with Crippen LogP contribution in [-0.4, -0.2) is 53.9 Å². The molecule has 5 rings (SSSR count). The smallest absolute Gasteiger partial charge is 0.0694 e. The molecular weight excluding hydrogens is 368 g/mol. The van der Waals surface area contributed by atoms with Crippen LogP contribution in [0.5, 0.6) is 0 Å². The summed E-state index contributed by atoms with van der Waals surface area (Å²) in [5.41, 5.74) is 6.20. The average Bonchev–Trinajstić information content (AvgIpc) is 3.35. The van der Waals surface area contributed by atoms with Gasteiger partial charge in [0.05, 0.1) is 5.71 Å². The summed E-state index contributed by atoms with van der Waals surface area (Å²) in [6.45, 7) is 9.20. The molecule has 3 aliphatic heterocycles. The van der Waals surface area contributed by atoms with E-state index >= 15 is 0 Å². The van der Waals surface area contributed by atoms with E-state index in [0.717, 1.165) is 42.6 Å². The molecule has 2 saturated heterocycles. The van der Waals surface area contributed by atoms with Gasteiger partial charge >= 0.3 is 0 Å². The Morgan fingerprint density at radius 3 is 2.67 bits per heavy atom. The monoisotopic (exact) mass is 400 g/mol. The number of pyridine rings is 1. The lowest BCUT2D eigenvalue weighted by molar-refractivity contribution is 0.214. The van der Waals surface area contributed by atoms with Crippen molar-refractivity contribution >= 4 is 17.5 Å². The van der Waals surface area contributed by atoms with Gasteiger partial charge in [-0.05, 0) is 66.7 Å². The number of allylic oxidation sites excluding steroid dienone is 1. The minimum atomic E-state index is 0.681. The molecule has 0 saturated carbocycles. The van der Waals surface area contributed by atoms with Crippen molar-refractivity contribution in [2.75, 3.05) is 31.1 Å². The fourth-order valence-corrected chi connectivity index (χ4v) is 5.32. The van der Waals surface area contributed by atoms with Gasteiger partial charge < -0.3 is 4.90 Å². The van der Waals surface area contributed by atoms with Gasteiger partial charge in [-0.2, -0.15) is 0 Å². The second kappa shape index (κ2) is 8.35. The fraction of sp³-hybridized carbons (Fsp3) is 0.462. The average molecular weight is 401 g/mol. The SMILES string of the molecule is CC(C)CN1C[C@@H]2C[C@H]1CN2c1ccc(C=C2CCCN=C2c2cccnc2)cc1. The summed E-state index contributed by atoms with van der Waals surface area (Å²) >= 11 is 0. The van der Waals surface area contributed by atoms with Gasteiger partial charge in [0.1, 0.15) is 0 Å². The van der Waals surface area contributed by atoms with Crippen LogP contribution in [0.3, 0.4) is 0 Å². The van der Waals surface area contributed by atoms with Crippen molar-refractivity contribution in [1.82, 2.24) is 9.88 Å². The Labute approximate surface area is 180 Å². The van der Waals surface area contributed by atoms with E-state index in [1.54, 1.807) is 0 Å². The molecule has 0 aliphatic carbocycles. The highest BCUT2D eigenvalue weighted by Gasteiger charge is 2.43. The van der Waals surface area contributed by atoms with Crippen molar-refractivity contribution in [3.05, 3.63) is 65.5 Å². The Morgan fingerprint density at radius 1 is 1.10 bits per heavy atom. The molecule has 0 radical (unpaired) electrons. The van der Waals surface area contributed by atoms with Crippen LogP contribution < -0.4 is 4.90 Å². The van der Waals surface area contributed by atoms with E-state index in [-0.39, 0.29) is 0 Å². The van der Waals surface area contributed by atoms with Crippen molar-refractivity contribution in [2.45, 2.75) is 45.2 Å². The topological polar surface area (TPSA) is 31.7 Å². The lowest BCUT2D eigenvalue weighted by atomic mass is 9.95. The van der Waals surface area contributed by atoms with Crippen LogP contribution in [0.25, 0.3) is 6.08 Å². The van der Waals surface area contributed by atoms with E-state index in [1.807, 2.05) is 18.5 Å². The molecule has 2 aromatic rings. The summed E-state index contributed by atoms with van der Waals surface area (Å²) in [5, 5.41) is 0. The highest BCUT2D eigenvalue weighted by molar-refractivity contribution is 6.15. The maximum Gasteiger partial charge on any atom is 0.0694 e. The quantitative estimate of drug-likeness (QED) is 0.731. The summed E-state index contributed by atoms with van der Waals surface area (Å²) in [7, 11) is 0. The first-order valence-corrected chi connectivity index (χ1v) is 11.4. The number of anilines is 1. The van der Waals surface area contributed by atoms with Crippen molar-refractivity contribution in [1.29, 1.82) is 0 Å². The second-order valence-electron chi connectivity index (χ2n) is 9.38. The van der Waals surface area contributed by atoms with E-state index in [1.165, 1.54) is 42.9 Å². The summed E-state index contributed by atoms with van der Waals surface area (Å²) in [5.74, 6) is 0.755. The van der Waals surface area contributed by atoms with Gasteiger partial charge in [0, 0.05) is 61.9 Å². The lowest BCUT2D eigenvalue weighted by Gasteiger charge is -2.36. The zero-order chi connectivity index (χ0) is 20.5. The number of aromatic nitrogens is 1. The fourth-order valence-electron chi connectivity index (χ4n) is 5.32. The molecule has 0 spiro atoms. The Balaban J connectivity index is 1.30. The minimum Gasteiger partial charge on any atom is -0.366 e. The standard InChI is InChI=1S/C26H32N4/c1-19(2)16-29-17-25-14-24(29)18-30(25)23-9-7-20(8-10-23)13-21-5-4-12-28-26(21)22-6-3-11-27-15-22/h3,6-11,13,15,19,24-25H,4-5,12,14,16-18H2,1-2H3/t24-,25-/m0/s1. The summed E-state index contributed by atoms with van der Waals surface area (Å²) < 4.78 is 0. The van der Waals surface area contributed by atoms with Gasteiger partial charge in [0.2, 0.25) is 0 Å². The molecule has 1 aromatic carbocycles. The molecule has 0 amide bonds. The second-order valence-corrected chi connectivity index (χ2v) is 9.38. The Hall–Kier alpha value is -2.46. The van der Waals surface area contributed by atoms with Crippen molar-refractivity contribution < 1.29 is 0 Å². The minimum absolute atomic E-state index is 0.681. The Bertz CT molecular complexity index is 929. The summed E-state index contributed by atoms with van der Waals surface area (Å²) in [4.78, 5) is 14.4. The number of benzene rings is 1. The number of nitrogens with zero attached hydrogens (tertiary/aromatic N) is 4. The molecule has 2 bridgehead atoms. The molecule has 156 valence electrons. The first-order chi connectivity index (χ1) is 14.7. The number of rotatable bonds is 5. The molecule has 30 heavy (non-hydrogen) atoms. The van der Waals surface area contributed by atoms with Gasteiger partial charge in [-0.1, -0.05) is 26.0 Å². The number of piperazine rings is 1. The molecule has 2 atom stereocenters. The van der Waals surface area contributed by atoms with Crippen LogP contribution in [0, 0.1) is 5.92 Å². The highest BCUT2D eigenvalue weighted by Crippen LogP contribution is 2.35. The van der Waals surface area contributed by atoms with E-state index < -0.39 is 0 Å². The van der Waals surface area contributed by atoms with Gasteiger partial charge in [-0.25, -0.2) is 0 Å². The van der Waals surface area contributed by atoms with E-state index in [2.05, 4.69) is 65.0 Å². The maximum absolute atomic E-state index is 4.81. The normalized spacial score (nSPS) is 25.4. The third-order valence-electron chi connectivity index (χ3n) is 6.63. The zero-order valence-corrected chi connectivity index (χ0v) is 18.2. The zero-order valence-electron chi connectivity index (χ0n) is 18.2. The van der Waals surface area contributed by atoms with Gasteiger partial charge in [-0.15, -0.1) is 0 Å². The number of aliphatic imine (C=N–C) groups is 1. The first kappa shape index (κ1) is 19.5. The summed E-state index contributed by atoms with van der Waals surface area (Å²) in [6.07, 6.45) is 9.58. The van der Waals surface area contributed by atoms with E-state index in [0.29, 0.717) is 6.04 Å². The number of hydrogen-bond acceptors (Lipinski definition) is 4. The van der Waals surface area contributed by atoms with Crippen LogP contribution in [0.4, 0.5) is 5.69 Å². The molecule has 2 fully saturated rings. The van der Waals surface area contributed by atoms with Crippen LogP contribution in [0.2, 0.25) is 0 Å². The third kappa shape index (κ3) is 3.93. The highest BCUT2D eigenvalue weighted by atomic mass is 15.3. The molecular formula is C26H32N4. The van der Waals surface area contributed by atoms with E-state index in [9.17, 15) is 0 Å². The molecule has 0 unspecified atom stereocenters. The molecule has 3 aliphatic rings. The number of hydrogen-bond donors (Lipinski definition) is 0. The molecule has 0 N–H and O–H groups in total. The first-order valence-electron chi connectivity index (χ1n) is 11.4. The van der Waals surface area contributed by atoms with Crippen molar-refractivity contribution in [3.63, 3.8) is 0 Å². The number of fused-ring (bicyclic) bond motifs is 2. The molecule has 1 aromatic heterocycles. The molecule has 4 heterocycles. The van der Waals surface area contributed by atoms with Gasteiger partial charge in [0.25, 0.3) is 0 Å². The van der Waals surface area contributed by atoms with Crippen LogP contribution >= 0.6 is 0 Å². The summed E-state index contributed by atoms with van der Waals surface area (Å²) in [6, 6.07) is 14.7. The predicted molar refractivity (Wildman–Crippen MR) is 125 cm³/mol. The van der Waals surface area contributed by atoms with Crippen LogP contribution in [-0.2, 0) is 0 Å². The number of likely N-dealkylation sites (tertiary alicyclic amines) is 1. The lowest BCUT2D eigenvalue weighted by Crippen LogP contribution is -2.47. The van der Waals surface area contributed by atoms with Gasteiger partial charge in [-0.3, -0.25) is 14.9 Å². The predicted octanol–water partition coefficient (Wildman–Crippen LogP) is 4.67. The van der Waals surface area contributed by atoms with Gasteiger partial charge in [0.15, 0.2) is 0 Å². The largest absolute Gasteiger partial charge is 0.366 e. The van der Waals surface area contributed by atoms with Crippen LogP contribution in [0.15, 0.2) is 59.4 Å². The Morgan fingerprint density at radius 2 is 1.97 bits per heavy atom.